The molecule has 7 heteroatoms. The van der Waals surface area contributed by atoms with Crippen molar-refractivity contribution in [1.82, 2.24) is 29.7 Å². The molecule has 0 bridgehead atoms. The summed E-state index contributed by atoms with van der Waals surface area (Å²) in [4.78, 5) is 17.2. The van der Waals surface area contributed by atoms with E-state index in [0.717, 1.165) is 27.9 Å². The molecule has 0 saturated heterocycles. The Labute approximate surface area is 168 Å². The molecule has 4 aromatic rings. The summed E-state index contributed by atoms with van der Waals surface area (Å²) in [7, 11) is 1.88. The van der Waals surface area contributed by atoms with Crippen LogP contribution in [0.4, 0.5) is 0 Å². The number of aryl methyl sites for hydroxylation is 1. The summed E-state index contributed by atoms with van der Waals surface area (Å²) in [6.07, 6.45) is 11.7. The van der Waals surface area contributed by atoms with Crippen molar-refractivity contribution in [3.63, 3.8) is 0 Å². The van der Waals surface area contributed by atoms with Gasteiger partial charge in [-0.05, 0) is 43.4 Å². The lowest BCUT2D eigenvalue weighted by molar-refractivity contribution is 0.0936. The quantitative estimate of drug-likeness (QED) is 0.571. The molecule has 1 aliphatic rings. The maximum Gasteiger partial charge on any atom is 0.251 e. The molecule has 7 nitrogen and oxygen atoms in total. The highest BCUT2D eigenvalue weighted by molar-refractivity contribution is 5.96. The summed E-state index contributed by atoms with van der Waals surface area (Å²) in [5, 5.41) is 11.8. The van der Waals surface area contributed by atoms with Crippen LogP contribution in [0.1, 0.15) is 30.1 Å². The Kier molecular flexibility index (Phi) is 4.16. The largest absolute Gasteiger partial charge is 0.349 e. The predicted octanol–water partition coefficient (Wildman–Crippen LogP) is 3.33. The molecule has 0 radical (unpaired) electrons. The number of benzene rings is 1. The Morgan fingerprint density at radius 3 is 2.69 bits per heavy atom. The Morgan fingerprint density at radius 2 is 1.93 bits per heavy atom. The molecule has 1 aliphatic carbocycles. The van der Waals surface area contributed by atoms with Crippen molar-refractivity contribution in [2.24, 2.45) is 13.0 Å². The van der Waals surface area contributed by atoms with E-state index in [-0.39, 0.29) is 11.9 Å². The molecule has 1 N–H and O–H groups in total. The lowest BCUT2D eigenvalue weighted by atomic mass is 10.0. The second kappa shape index (κ2) is 6.84. The van der Waals surface area contributed by atoms with E-state index in [1.807, 2.05) is 49.9 Å². The molecule has 3 heterocycles. The van der Waals surface area contributed by atoms with Crippen LogP contribution in [0, 0.1) is 5.92 Å². The van der Waals surface area contributed by atoms with Crippen molar-refractivity contribution in [2.75, 3.05) is 0 Å². The molecule has 1 aromatic carbocycles. The van der Waals surface area contributed by atoms with Crippen LogP contribution in [-0.2, 0) is 7.05 Å². The smallest absolute Gasteiger partial charge is 0.251 e. The molecule has 29 heavy (non-hydrogen) atoms. The lowest BCUT2D eigenvalue weighted by Gasteiger charge is -2.13. The van der Waals surface area contributed by atoms with Gasteiger partial charge in [0, 0.05) is 53.9 Å². The Bertz CT molecular complexity index is 1200. The first kappa shape index (κ1) is 17.6. The number of fused-ring (bicyclic) bond motifs is 1. The van der Waals surface area contributed by atoms with Crippen LogP contribution >= 0.6 is 0 Å². The minimum Gasteiger partial charge on any atom is -0.349 e. The van der Waals surface area contributed by atoms with Gasteiger partial charge in [0.15, 0.2) is 5.65 Å². The molecule has 1 amide bonds. The lowest BCUT2D eigenvalue weighted by Crippen LogP contribution is -2.33. The van der Waals surface area contributed by atoms with E-state index in [4.69, 9.17) is 0 Å². The molecular formula is C22H22N6O. The maximum atomic E-state index is 12.6. The van der Waals surface area contributed by atoms with Crippen molar-refractivity contribution in [3.8, 4) is 22.3 Å². The number of nitrogens with one attached hydrogen (secondary N) is 1. The second-order valence-electron chi connectivity index (χ2n) is 7.75. The van der Waals surface area contributed by atoms with E-state index >= 15 is 0 Å². The van der Waals surface area contributed by atoms with Gasteiger partial charge in [-0.15, -0.1) is 0 Å². The number of rotatable bonds is 5. The number of nitrogens with zero attached hydrogens (tertiary/aromatic N) is 5. The molecule has 146 valence electrons. The van der Waals surface area contributed by atoms with Gasteiger partial charge in [-0.25, -0.2) is 9.50 Å². The van der Waals surface area contributed by atoms with E-state index in [9.17, 15) is 4.79 Å². The van der Waals surface area contributed by atoms with Gasteiger partial charge >= 0.3 is 0 Å². The van der Waals surface area contributed by atoms with Crippen molar-refractivity contribution in [2.45, 2.75) is 25.8 Å². The van der Waals surface area contributed by atoms with E-state index < -0.39 is 0 Å². The summed E-state index contributed by atoms with van der Waals surface area (Å²) < 4.78 is 3.52. The summed E-state index contributed by atoms with van der Waals surface area (Å²) in [5.74, 6) is 0.592. The summed E-state index contributed by atoms with van der Waals surface area (Å²) in [5.41, 5.74) is 5.16. The Hall–Kier alpha value is -3.48. The average molecular weight is 386 g/mol. The average Bonchev–Trinajstić information content (AvgIpc) is 3.36. The Morgan fingerprint density at radius 1 is 1.10 bits per heavy atom. The van der Waals surface area contributed by atoms with Gasteiger partial charge in [-0.2, -0.15) is 10.2 Å². The predicted molar refractivity (Wildman–Crippen MR) is 110 cm³/mol. The second-order valence-corrected chi connectivity index (χ2v) is 7.75. The number of aromatic nitrogens is 5. The number of hydrogen-bond donors (Lipinski definition) is 1. The van der Waals surface area contributed by atoms with Crippen LogP contribution in [0.2, 0.25) is 0 Å². The summed E-state index contributed by atoms with van der Waals surface area (Å²) >= 11 is 0. The SMILES string of the molecule is CC(NC(=O)c1cccc(-c2cnn3cc(-c4cnn(C)c4)cnc23)c1)C1CC1. The Balaban J connectivity index is 1.45. The summed E-state index contributed by atoms with van der Waals surface area (Å²) in [6.45, 7) is 2.08. The van der Waals surface area contributed by atoms with Crippen LogP contribution in [0.5, 0.6) is 0 Å². The first-order valence-electron chi connectivity index (χ1n) is 9.82. The molecule has 1 atom stereocenters. The van der Waals surface area contributed by atoms with E-state index in [2.05, 4.69) is 27.4 Å². The number of carbonyl (C=O) groups excluding carboxylic acids is 1. The number of amides is 1. The van der Waals surface area contributed by atoms with Gasteiger partial charge in [-0.3, -0.25) is 9.48 Å². The zero-order chi connectivity index (χ0) is 20.0. The van der Waals surface area contributed by atoms with Crippen molar-refractivity contribution < 1.29 is 4.79 Å². The van der Waals surface area contributed by atoms with Crippen LogP contribution < -0.4 is 5.32 Å². The van der Waals surface area contributed by atoms with Gasteiger partial charge in [0.1, 0.15) is 0 Å². The zero-order valence-electron chi connectivity index (χ0n) is 16.4. The third-order valence-electron chi connectivity index (χ3n) is 5.52. The minimum absolute atomic E-state index is 0.0328. The fourth-order valence-corrected chi connectivity index (χ4v) is 3.63. The third kappa shape index (κ3) is 3.40. The summed E-state index contributed by atoms with van der Waals surface area (Å²) in [6, 6.07) is 7.85. The molecule has 0 spiro atoms. The van der Waals surface area contributed by atoms with Crippen molar-refractivity contribution in [1.29, 1.82) is 0 Å². The van der Waals surface area contributed by atoms with Crippen LogP contribution in [0.25, 0.3) is 27.9 Å². The molecule has 3 aromatic heterocycles. The first-order chi connectivity index (χ1) is 14.1. The van der Waals surface area contributed by atoms with Crippen molar-refractivity contribution >= 4 is 11.6 Å². The number of hydrogen-bond acceptors (Lipinski definition) is 4. The van der Waals surface area contributed by atoms with Gasteiger partial charge in [0.25, 0.3) is 5.91 Å². The van der Waals surface area contributed by atoms with Gasteiger partial charge in [0.2, 0.25) is 0 Å². The fraction of sp³-hybridized carbons (Fsp3) is 0.273. The molecule has 1 fully saturated rings. The molecule has 0 aliphatic heterocycles. The number of carbonyl (C=O) groups is 1. The molecule has 1 unspecified atom stereocenters. The van der Waals surface area contributed by atoms with Gasteiger partial charge in [-0.1, -0.05) is 12.1 Å². The highest BCUT2D eigenvalue weighted by Gasteiger charge is 2.29. The van der Waals surface area contributed by atoms with E-state index in [1.54, 1.807) is 21.6 Å². The van der Waals surface area contributed by atoms with Gasteiger partial charge in [0.05, 0.1) is 12.4 Å². The van der Waals surface area contributed by atoms with Crippen LogP contribution in [0.15, 0.2) is 55.2 Å². The minimum atomic E-state index is -0.0328. The standard InChI is InChI=1S/C22H22N6O/c1-14(15-6-7-15)26-22(29)17-5-3-4-16(8-17)20-11-25-28-13-18(9-23-21(20)28)19-10-24-27(2)12-19/h3-5,8-15H,6-7H2,1-2H3,(H,26,29). The van der Waals surface area contributed by atoms with Crippen LogP contribution in [0.3, 0.4) is 0 Å². The molecule has 1 saturated carbocycles. The normalized spacial score (nSPS) is 14.8. The molecule has 5 rings (SSSR count). The van der Waals surface area contributed by atoms with Crippen molar-refractivity contribution in [3.05, 3.63) is 60.8 Å². The van der Waals surface area contributed by atoms with E-state index in [0.29, 0.717) is 11.5 Å². The maximum absolute atomic E-state index is 12.6. The molecular weight excluding hydrogens is 364 g/mol. The fourth-order valence-electron chi connectivity index (χ4n) is 3.63. The third-order valence-corrected chi connectivity index (χ3v) is 5.52. The van der Waals surface area contributed by atoms with E-state index in [1.165, 1.54) is 12.8 Å². The topological polar surface area (TPSA) is 77.1 Å². The monoisotopic (exact) mass is 386 g/mol. The van der Waals surface area contributed by atoms with Crippen LogP contribution in [-0.4, -0.2) is 36.3 Å². The first-order valence-corrected chi connectivity index (χ1v) is 9.82. The zero-order valence-corrected chi connectivity index (χ0v) is 16.4. The van der Waals surface area contributed by atoms with Gasteiger partial charge < -0.3 is 5.32 Å². The highest BCUT2D eigenvalue weighted by atomic mass is 16.1. The highest BCUT2D eigenvalue weighted by Crippen LogP contribution is 2.32.